The fourth-order valence-corrected chi connectivity index (χ4v) is 2.29. The van der Waals surface area contributed by atoms with Crippen molar-refractivity contribution in [3.05, 3.63) is 69.8 Å². The average molecular weight is 320 g/mol. The van der Waals surface area contributed by atoms with Gasteiger partial charge in [-0.2, -0.15) is 0 Å². The zero-order valence-corrected chi connectivity index (χ0v) is 12.4. The van der Waals surface area contributed by atoms with Gasteiger partial charge in [0.2, 0.25) is 0 Å². The number of nitro groups is 1. The van der Waals surface area contributed by atoms with Crippen molar-refractivity contribution in [2.45, 2.75) is 0 Å². The molecule has 3 aromatic rings. The molecule has 0 amide bonds. The minimum Gasteiger partial charge on any atom is -0.355 e. The first-order chi connectivity index (χ1) is 11.6. The highest BCUT2D eigenvalue weighted by Crippen LogP contribution is 2.33. The number of nitrogens with zero attached hydrogens (tertiary/aromatic N) is 2. The molecule has 0 radical (unpaired) electrons. The average Bonchev–Trinajstić information content (AvgIpc) is 3.11. The Morgan fingerprint density at radius 3 is 2.29 bits per heavy atom. The lowest BCUT2D eigenvalue weighted by atomic mass is 10.1. The molecule has 1 aromatic heterocycles. The van der Waals surface area contributed by atoms with Gasteiger partial charge < -0.3 is 15.3 Å². The van der Waals surface area contributed by atoms with Gasteiger partial charge in [-0.05, 0) is 17.2 Å². The summed E-state index contributed by atoms with van der Waals surface area (Å²) in [6, 6.07) is 13.3. The maximum absolute atomic E-state index is 11.3. The second-order valence-corrected chi connectivity index (χ2v) is 5.02. The summed E-state index contributed by atoms with van der Waals surface area (Å²) < 4.78 is 5.27. The maximum atomic E-state index is 11.3. The van der Waals surface area contributed by atoms with Crippen molar-refractivity contribution in [1.29, 1.82) is 10.8 Å². The van der Waals surface area contributed by atoms with Crippen molar-refractivity contribution in [3.63, 3.8) is 0 Å². The van der Waals surface area contributed by atoms with Crippen molar-refractivity contribution in [3.8, 4) is 22.6 Å². The summed E-state index contributed by atoms with van der Waals surface area (Å²) >= 11 is 0. The Kier molecular flexibility index (Phi) is 3.98. The van der Waals surface area contributed by atoms with Gasteiger partial charge in [0, 0.05) is 30.1 Å². The lowest BCUT2D eigenvalue weighted by molar-refractivity contribution is -0.384. The van der Waals surface area contributed by atoms with Gasteiger partial charge in [-0.25, -0.2) is 0 Å². The van der Waals surface area contributed by atoms with E-state index in [2.05, 4.69) is 5.16 Å². The molecule has 24 heavy (non-hydrogen) atoms. The monoisotopic (exact) mass is 320 g/mol. The van der Waals surface area contributed by atoms with Crippen LogP contribution in [-0.4, -0.2) is 22.5 Å². The SMILES string of the molecule is N=Cc1ccc(-c2cc(-c3ccc(C=N)cc3[N+](=O)[O-])on2)cc1. The Morgan fingerprint density at radius 2 is 1.67 bits per heavy atom. The topological polar surface area (TPSA) is 117 Å². The number of benzene rings is 2. The minimum atomic E-state index is -0.511. The first kappa shape index (κ1) is 15.3. The fraction of sp³-hybridized carbons (Fsp3) is 0. The van der Waals surface area contributed by atoms with E-state index in [1.54, 1.807) is 42.5 Å². The third-order valence-corrected chi connectivity index (χ3v) is 3.53. The van der Waals surface area contributed by atoms with E-state index in [9.17, 15) is 10.1 Å². The first-order valence-electron chi connectivity index (χ1n) is 6.99. The van der Waals surface area contributed by atoms with Gasteiger partial charge in [-0.15, -0.1) is 0 Å². The highest BCUT2D eigenvalue weighted by Gasteiger charge is 2.20. The molecule has 0 spiro atoms. The van der Waals surface area contributed by atoms with Gasteiger partial charge in [-0.1, -0.05) is 35.5 Å². The minimum absolute atomic E-state index is 0.141. The van der Waals surface area contributed by atoms with Gasteiger partial charge in [0.1, 0.15) is 5.69 Å². The third kappa shape index (κ3) is 2.82. The van der Waals surface area contributed by atoms with Crippen LogP contribution in [0.15, 0.2) is 53.1 Å². The number of nitro benzene ring substituents is 1. The third-order valence-electron chi connectivity index (χ3n) is 3.53. The van der Waals surface area contributed by atoms with Crippen LogP contribution in [0.4, 0.5) is 5.69 Å². The summed E-state index contributed by atoms with van der Waals surface area (Å²) in [6.45, 7) is 0. The van der Waals surface area contributed by atoms with Crippen LogP contribution >= 0.6 is 0 Å². The van der Waals surface area contributed by atoms with Crippen molar-refractivity contribution in [2.24, 2.45) is 0 Å². The van der Waals surface area contributed by atoms with Crippen LogP contribution in [0.2, 0.25) is 0 Å². The van der Waals surface area contributed by atoms with E-state index in [4.69, 9.17) is 15.3 Å². The second kappa shape index (κ2) is 6.25. The first-order valence-corrected chi connectivity index (χ1v) is 6.99. The molecule has 2 aromatic carbocycles. The van der Waals surface area contributed by atoms with Crippen LogP contribution in [0.3, 0.4) is 0 Å². The molecule has 118 valence electrons. The summed E-state index contributed by atoms with van der Waals surface area (Å²) in [5.41, 5.74) is 2.70. The molecule has 2 N–H and O–H groups in total. The quantitative estimate of drug-likeness (QED) is 0.421. The summed E-state index contributed by atoms with van der Waals surface area (Å²) in [6.07, 6.45) is 2.29. The molecule has 7 heteroatoms. The number of aromatic nitrogens is 1. The molecule has 0 saturated heterocycles. The molecule has 0 aliphatic heterocycles. The molecule has 1 heterocycles. The fourth-order valence-electron chi connectivity index (χ4n) is 2.29. The predicted octanol–water partition coefficient (Wildman–Crippen LogP) is 3.91. The molecule has 0 fully saturated rings. The molecular weight excluding hydrogens is 308 g/mol. The van der Waals surface area contributed by atoms with Crippen molar-refractivity contribution < 1.29 is 9.45 Å². The normalized spacial score (nSPS) is 10.3. The molecule has 0 atom stereocenters. The molecule has 7 nitrogen and oxygen atoms in total. The summed E-state index contributed by atoms with van der Waals surface area (Å²) in [5, 5.41) is 29.6. The Labute approximate surface area is 136 Å². The second-order valence-electron chi connectivity index (χ2n) is 5.02. The Balaban J connectivity index is 2.02. The van der Waals surface area contributed by atoms with Crippen LogP contribution in [0.1, 0.15) is 11.1 Å². The van der Waals surface area contributed by atoms with E-state index in [0.29, 0.717) is 16.8 Å². The highest BCUT2D eigenvalue weighted by atomic mass is 16.6. The standard InChI is InChI=1S/C17H12N4O3/c18-9-11-1-4-13(5-2-11)15-8-17(24-20-15)14-6-3-12(10-19)7-16(14)21(22)23/h1-10,18-19H. The van der Waals surface area contributed by atoms with E-state index in [1.165, 1.54) is 12.3 Å². The Hall–Kier alpha value is -3.61. The van der Waals surface area contributed by atoms with E-state index >= 15 is 0 Å². The van der Waals surface area contributed by atoms with Crippen LogP contribution in [0.5, 0.6) is 0 Å². The number of nitrogens with one attached hydrogen (secondary N) is 2. The summed E-state index contributed by atoms with van der Waals surface area (Å²) in [5.74, 6) is 0.282. The van der Waals surface area contributed by atoms with Crippen molar-refractivity contribution in [1.82, 2.24) is 5.16 Å². The van der Waals surface area contributed by atoms with Crippen LogP contribution in [0.25, 0.3) is 22.6 Å². The molecular formula is C17H12N4O3. The van der Waals surface area contributed by atoms with E-state index in [-0.39, 0.29) is 11.4 Å². The Morgan fingerprint density at radius 1 is 1.00 bits per heavy atom. The zero-order valence-electron chi connectivity index (χ0n) is 12.4. The molecule has 0 unspecified atom stereocenters. The largest absolute Gasteiger partial charge is 0.355 e. The molecule has 0 saturated carbocycles. The van der Waals surface area contributed by atoms with Crippen LogP contribution < -0.4 is 0 Å². The van der Waals surface area contributed by atoms with Crippen LogP contribution in [-0.2, 0) is 0 Å². The Bertz CT molecular complexity index is 929. The maximum Gasteiger partial charge on any atom is 0.281 e. The van der Waals surface area contributed by atoms with Gasteiger partial charge in [0.15, 0.2) is 5.76 Å². The lowest BCUT2D eigenvalue weighted by Crippen LogP contribution is -1.93. The lowest BCUT2D eigenvalue weighted by Gasteiger charge is -2.00. The molecule has 3 rings (SSSR count). The van der Waals surface area contributed by atoms with Gasteiger partial charge in [0.25, 0.3) is 5.69 Å². The molecule has 0 bridgehead atoms. The smallest absolute Gasteiger partial charge is 0.281 e. The summed E-state index contributed by atoms with van der Waals surface area (Å²) in [4.78, 5) is 10.7. The van der Waals surface area contributed by atoms with E-state index < -0.39 is 4.92 Å². The number of rotatable bonds is 5. The van der Waals surface area contributed by atoms with E-state index in [1.807, 2.05) is 0 Å². The van der Waals surface area contributed by atoms with Crippen LogP contribution in [0, 0.1) is 20.9 Å². The van der Waals surface area contributed by atoms with Gasteiger partial charge >= 0.3 is 0 Å². The number of hydrogen-bond acceptors (Lipinski definition) is 6. The van der Waals surface area contributed by atoms with Gasteiger partial charge in [0.05, 0.1) is 10.5 Å². The van der Waals surface area contributed by atoms with E-state index in [0.717, 1.165) is 17.3 Å². The predicted molar refractivity (Wildman–Crippen MR) is 89.8 cm³/mol. The highest BCUT2D eigenvalue weighted by molar-refractivity contribution is 5.83. The molecule has 0 aliphatic rings. The zero-order chi connectivity index (χ0) is 17.1. The summed E-state index contributed by atoms with van der Waals surface area (Å²) in [7, 11) is 0. The van der Waals surface area contributed by atoms with Crippen molar-refractivity contribution >= 4 is 18.1 Å². The van der Waals surface area contributed by atoms with Gasteiger partial charge in [-0.3, -0.25) is 10.1 Å². The van der Waals surface area contributed by atoms with Crippen molar-refractivity contribution in [2.75, 3.05) is 0 Å². The molecule has 0 aliphatic carbocycles. The number of hydrogen-bond donors (Lipinski definition) is 2.